The normalized spacial score (nSPS) is 11.3. The van der Waals surface area contributed by atoms with E-state index in [0.29, 0.717) is 27.7 Å². The molecule has 0 amide bonds. The fourth-order valence-corrected chi connectivity index (χ4v) is 3.10. The monoisotopic (exact) mass is 347 g/mol. The minimum atomic E-state index is -0.227. The average Bonchev–Trinajstić information content (AvgIpc) is 2.47. The standard InChI is InChI=1S/C17H15Cl2N3O/c1-22(2)9-11-7-15-10(8-20-11)6-12(17(23)21-15)16-13(18)4-3-5-14(16)19/h3-8H,9H2,1-2H3,(H,21,23). The van der Waals surface area contributed by atoms with Gasteiger partial charge in [-0.1, -0.05) is 29.3 Å². The fraction of sp³-hybridized carbons (Fsp3) is 0.176. The predicted octanol–water partition coefficient (Wildman–Crippen LogP) is 3.96. The van der Waals surface area contributed by atoms with Crippen LogP contribution in [-0.4, -0.2) is 29.0 Å². The molecule has 0 saturated heterocycles. The minimum Gasteiger partial charge on any atom is -0.321 e. The summed E-state index contributed by atoms with van der Waals surface area (Å²) in [6, 6.07) is 8.83. The zero-order valence-electron chi connectivity index (χ0n) is 12.7. The first-order chi connectivity index (χ1) is 11.0. The van der Waals surface area contributed by atoms with E-state index in [4.69, 9.17) is 23.2 Å². The van der Waals surface area contributed by atoms with Crippen LogP contribution in [-0.2, 0) is 6.54 Å². The summed E-state index contributed by atoms with van der Waals surface area (Å²) in [6.45, 7) is 0.704. The van der Waals surface area contributed by atoms with Gasteiger partial charge in [0.25, 0.3) is 5.56 Å². The molecule has 23 heavy (non-hydrogen) atoms. The SMILES string of the molecule is CN(C)Cc1cc2[nH]c(=O)c(-c3c(Cl)cccc3Cl)cc2cn1. The molecule has 0 radical (unpaired) electrons. The second-order valence-corrected chi connectivity index (χ2v) is 6.42. The molecular formula is C17H15Cl2N3O. The van der Waals surface area contributed by atoms with Gasteiger partial charge in [0, 0.05) is 23.7 Å². The van der Waals surface area contributed by atoms with Crippen molar-refractivity contribution in [2.24, 2.45) is 0 Å². The quantitative estimate of drug-likeness (QED) is 0.780. The highest BCUT2D eigenvalue weighted by Crippen LogP contribution is 2.33. The molecule has 3 rings (SSSR count). The van der Waals surface area contributed by atoms with E-state index in [-0.39, 0.29) is 5.56 Å². The van der Waals surface area contributed by atoms with Crippen molar-refractivity contribution in [3.05, 3.63) is 62.6 Å². The van der Waals surface area contributed by atoms with Crippen LogP contribution in [0.3, 0.4) is 0 Å². The molecule has 2 aromatic heterocycles. The third-order valence-corrected chi connectivity index (χ3v) is 4.12. The Labute approximate surface area is 143 Å². The maximum Gasteiger partial charge on any atom is 0.256 e. The lowest BCUT2D eigenvalue weighted by Gasteiger charge is -2.10. The number of H-pyrrole nitrogens is 1. The van der Waals surface area contributed by atoms with Crippen LogP contribution >= 0.6 is 23.2 Å². The second-order valence-electron chi connectivity index (χ2n) is 5.61. The van der Waals surface area contributed by atoms with Crippen molar-refractivity contribution in [1.82, 2.24) is 14.9 Å². The zero-order valence-corrected chi connectivity index (χ0v) is 14.2. The molecule has 0 atom stereocenters. The molecule has 0 aliphatic rings. The highest BCUT2D eigenvalue weighted by Gasteiger charge is 2.13. The number of aromatic nitrogens is 2. The predicted molar refractivity (Wildman–Crippen MR) is 95.2 cm³/mol. The number of hydrogen-bond donors (Lipinski definition) is 1. The Morgan fingerprint density at radius 3 is 2.52 bits per heavy atom. The van der Waals surface area contributed by atoms with Crippen molar-refractivity contribution in [3.63, 3.8) is 0 Å². The molecule has 1 N–H and O–H groups in total. The second kappa shape index (κ2) is 6.32. The summed E-state index contributed by atoms with van der Waals surface area (Å²) in [5.41, 5.74) is 2.39. The van der Waals surface area contributed by atoms with Crippen molar-refractivity contribution in [1.29, 1.82) is 0 Å². The van der Waals surface area contributed by atoms with Crippen molar-refractivity contribution in [2.45, 2.75) is 6.54 Å². The Balaban J connectivity index is 2.18. The molecule has 118 valence electrons. The Morgan fingerprint density at radius 1 is 1.17 bits per heavy atom. The Kier molecular flexibility index (Phi) is 4.39. The number of hydrogen-bond acceptors (Lipinski definition) is 3. The van der Waals surface area contributed by atoms with Crippen LogP contribution < -0.4 is 5.56 Å². The van der Waals surface area contributed by atoms with Crippen LogP contribution in [0.2, 0.25) is 10.0 Å². The molecule has 0 bridgehead atoms. The molecule has 0 aliphatic heterocycles. The molecule has 4 nitrogen and oxygen atoms in total. The molecule has 1 aromatic carbocycles. The average molecular weight is 348 g/mol. The van der Waals surface area contributed by atoms with Gasteiger partial charge in [-0.25, -0.2) is 0 Å². The van der Waals surface area contributed by atoms with E-state index >= 15 is 0 Å². The van der Waals surface area contributed by atoms with E-state index in [9.17, 15) is 4.79 Å². The highest BCUT2D eigenvalue weighted by atomic mass is 35.5. The molecular weight excluding hydrogens is 333 g/mol. The van der Waals surface area contributed by atoms with Gasteiger partial charge in [-0.05, 0) is 38.4 Å². The molecule has 0 spiro atoms. The molecule has 3 aromatic rings. The summed E-state index contributed by atoms with van der Waals surface area (Å²) in [6.07, 6.45) is 1.75. The summed E-state index contributed by atoms with van der Waals surface area (Å²) < 4.78 is 0. The van der Waals surface area contributed by atoms with Gasteiger partial charge in [-0.2, -0.15) is 0 Å². The van der Waals surface area contributed by atoms with E-state index in [0.717, 1.165) is 16.6 Å². The summed E-state index contributed by atoms with van der Waals surface area (Å²) in [5.74, 6) is 0. The van der Waals surface area contributed by atoms with Crippen molar-refractivity contribution in [3.8, 4) is 11.1 Å². The van der Waals surface area contributed by atoms with Gasteiger partial charge in [0.15, 0.2) is 0 Å². The van der Waals surface area contributed by atoms with Gasteiger partial charge in [-0.15, -0.1) is 0 Å². The first kappa shape index (κ1) is 16.0. The van der Waals surface area contributed by atoms with Crippen molar-refractivity contribution < 1.29 is 0 Å². The molecule has 6 heteroatoms. The number of aromatic amines is 1. The van der Waals surface area contributed by atoms with Gasteiger partial charge < -0.3 is 9.88 Å². The number of nitrogens with one attached hydrogen (secondary N) is 1. The lowest BCUT2D eigenvalue weighted by molar-refractivity contribution is 0.397. The fourth-order valence-electron chi connectivity index (χ4n) is 2.49. The third kappa shape index (κ3) is 3.24. The van der Waals surface area contributed by atoms with Crippen LogP contribution in [0, 0.1) is 0 Å². The maximum atomic E-state index is 12.5. The van der Waals surface area contributed by atoms with Gasteiger partial charge in [0.2, 0.25) is 0 Å². The van der Waals surface area contributed by atoms with Gasteiger partial charge in [0.05, 0.1) is 26.8 Å². The van der Waals surface area contributed by atoms with E-state index in [1.165, 1.54) is 0 Å². The maximum absolute atomic E-state index is 12.5. The van der Waals surface area contributed by atoms with E-state index < -0.39 is 0 Å². The lowest BCUT2D eigenvalue weighted by Crippen LogP contribution is -2.13. The Hall–Kier alpha value is -1.88. The third-order valence-electron chi connectivity index (χ3n) is 3.49. The lowest BCUT2D eigenvalue weighted by atomic mass is 10.1. The summed E-state index contributed by atoms with van der Waals surface area (Å²) in [7, 11) is 3.94. The molecule has 2 heterocycles. The van der Waals surface area contributed by atoms with Crippen LogP contribution in [0.1, 0.15) is 5.69 Å². The Morgan fingerprint density at radius 2 is 1.87 bits per heavy atom. The Bertz CT molecular complexity index is 915. The number of rotatable bonds is 3. The first-order valence-corrected chi connectivity index (χ1v) is 7.82. The van der Waals surface area contributed by atoms with Gasteiger partial charge in [-0.3, -0.25) is 9.78 Å². The summed E-state index contributed by atoms with van der Waals surface area (Å²) in [5, 5.41) is 1.72. The molecule has 0 saturated carbocycles. The largest absolute Gasteiger partial charge is 0.321 e. The molecule has 0 unspecified atom stereocenters. The topological polar surface area (TPSA) is 49.0 Å². The van der Waals surface area contributed by atoms with E-state index in [1.807, 2.05) is 25.1 Å². The van der Waals surface area contributed by atoms with Gasteiger partial charge in [0.1, 0.15) is 0 Å². The molecule has 0 aliphatic carbocycles. The smallest absolute Gasteiger partial charge is 0.256 e. The minimum absolute atomic E-state index is 0.227. The van der Waals surface area contributed by atoms with Crippen molar-refractivity contribution >= 4 is 34.1 Å². The number of nitrogens with zero attached hydrogens (tertiary/aromatic N) is 2. The van der Waals surface area contributed by atoms with E-state index in [1.54, 1.807) is 30.5 Å². The summed E-state index contributed by atoms with van der Waals surface area (Å²) >= 11 is 12.4. The van der Waals surface area contributed by atoms with Crippen LogP contribution in [0.15, 0.2) is 41.3 Å². The summed E-state index contributed by atoms with van der Waals surface area (Å²) in [4.78, 5) is 21.8. The van der Waals surface area contributed by atoms with Crippen molar-refractivity contribution in [2.75, 3.05) is 14.1 Å². The zero-order chi connectivity index (χ0) is 16.6. The number of halogens is 2. The van der Waals surface area contributed by atoms with Crippen LogP contribution in [0.5, 0.6) is 0 Å². The van der Waals surface area contributed by atoms with Crippen LogP contribution in [0.25, 0.3) is 22.0 Å². The van der Waals surface area contributed by atoms with Crippen LogP contribution in [0.4, 0.5) is 0 Å². The molecule has 0 fully saturated rings. The highest BCUT2D eigenvalue weighted by molar-refractivity contribution is 6.39. The number of pyridine rings is 2. The van der Waals surface area contributed by atoms with Gasteiger partial charge >= 0.3 is 0 Å². The first-order valence-electron chi connectivity index (χ1n) is 7.07. The number of fused-ring (bicyclic) bond motifs is 1. The number of benzene rings is 1. The van der Waals surface area contributed by atoms with E-state index in [2.05, 4.69) is 9.97 Å².